The fraction of sp³-hybridized carbons (Fsp3) is 0.111. The van der Waals surface area contributed by atoms with Crippen LogP contribution in [-0.2, 0) is 24.8 Å². The lowest BCUT2D eigenvalue weighted by molar-refractivity contribution is 0.195. The second kappa shape index (κ2) is 9.07. The third-order valence-corrected chi connectivity index (χ3v) is 5.32. The fourth-order valence-electron chi connectivity index (χ4n) is 2.11. The summed E-state index contributed by atoms with van der Waals surface area (Å²) in [4.78, 5) is 0.135. The number of primary sulfonamides is 2. The Balaban J connectivity index is 1.77. The molecule has 0 fully saturated rings. The van der Waals surface area contributed by atoms with Gasteiger partial charge in [0.15, 0.2) is 0 Å². The maximum Gasteiger partial charge on any atom is 0.238 e. The fourth-order valence-corrected chi connectivity index (χ4v) is 3.14. The zero-order valence-corrected chi connectivity index (χ0v) is 16.0. The molecule has 144 valence electrons. The van der Waals surface area contributed by atoms with Crippen LogP contribution >= 0.6 is 0 Å². The molecule has 0 radical (unpaired) electrons. The lowest BCUT2D eigenvalue weighted by Gasteiger charge is -2.00. The van der Waals surface area contributed by atoms with Gasteiger partial charge in [-0.1, -0.05) is 48.6 Å². The van der Waals surface area contributed by atoms with Crippen molar-refractivity contribution in [3.8, 4) is 0 Å². The quantitative estimate of drug-likeness (QED) is 0.643. The number of hydrogen-bond donors (Lipinski definition) is 2. The molecule has 0 aromatic heterocycles. The highest BCUT2D eigenvalue weighted by Crippen LogP contribution is 2.11. The Kier molecular flexibility index (Phi) is 7.05. The minimum atomic E-state index is -3.68. The van der Waals surface area contributed by atoms with Crippen LogP contribution in [0.2, 0.25) is 0 Å². The van der Waals surface area contributed by atoms with Gasteiger partial charge in [0.25, 0.3) is 0 Å². The zero-order valence-electron chi connectivity index (χ0n) is 14.4. The normalized spacial score (nSPS) is 12.8. The smallest absolute Gasteiger partial charge is 0.238 e. The first-order chi connectivity index (χ1) is 12.7. The number of rotatable bonds is 8. The van der Waals surface area contributed by atoms with Crippen molar-refractivity contribution in [1.29, 1.82) is 0 Å². The summed E-state index contributed by atoms with van der Waals surface area (Å²) in [7, 11) is -7.36. The van der Waals surface area contributed by atoms with Gasteiger partial charge in [-0.05, 0) is 35.4 Å². The largest absolute Gasteiger partial charge is 0.373 e. The van der Waals surface area contributed by atoms with E-state index in [1.807, 2.05) is 12.2 Å². The molecule has 0 saturated carbocycles. The van der Waals surface area contributed by atoms with E-state index in [1.165, 1.54) is 24.3 Å². The van der Waals surface area contributed by atoms with E-state index in [4.69, 9.17) is 15.0 Å². The molecule has 0 aliphatic carbocycles. The molecule has 2 aromatic rings. The van der Waals surface area contributed by atoms with Gasteiger partial charge in [0.2, 0.25) is 20.0 Å². The van der Waals surface area contributed by atoms with Crippen LogP contribution in [0.25, 0.3) is 12.2 Å². The van der Waals surface area contributed by atoms with Gasteiger partial charge in [0, 0.05) is 0 Å². The van der Waals surface area contributed by atoms with Crippen LogP contribution < -0.4 is 10.3 Å². The minimum Gasteiger partial charge on any atom is -0.373 e. The van der Waals surface area contributed by atoms with Gasteiger partial charge in [-0.2, -0.15) is 0 Å². The topological polar surface area (TPSA) is 130 Å². The van der Waals surface area contributed by atoms with Crippen molar-refractivity contribution in [1.82, 2.24) is 0 Å². The first kappa shape index (κ1) is 21.0. The van der Waals surface area contributed by atoms with Gasteiger partial charge in [-0.15, -0.1) is 0 Å². The van der Waals surface area contributed by atoms with Gasteiger partial charge in [0.1, 0.15) is 0 Å². The Labute approximate surface area is 159 Å². The molecule has 0 unspecified atom stereocenters. The maximum atomic E-state index is 11.2. The Morgan fingerprint density at radius 3 is 1.30 bits per heavy atom. The Morgan fingerprint density at radius 1 is 0.667 bits per heavy atom. The summed E-state index contributed by atoms with van der Waals surface area (Å²) in [5, 5.41) is 10.1. The first-order valence-electron chi connectivity index (χ1n) is 7.83. The van der Waals surface area contributed by atoms with Crippen LogP contribution in [0, 0.1) is 0 Å². The van der Waals surface area contributed by atoms with E-state index in [2.05, 4.69) is 0 Å². The summed E-state index contributed by atoms with van der Waals surface area (Å²) >= 11 is 0. The van der Waals surface area contributed by atoms with Crippen LogP contribution in [0.5, 0.6) is 0 Å². The first-order valence-corrected chi connectivity index (χ1v) is 10.9. The van der Waals surface area contributed by atoms with Crippen molar-refractivity contribution in [3.05, 3.63) is 71.8 Å². The van der Waals surface area contributed by atoms with E-state index in [0.29, 0.717) is 13.2 Å². The Hall–Kier alpha value is -2.30. The van der Waals surface area contributed by atoms with Crippen LogP contribution in [0.4, 0.5) is 0 Å². The average Bonchev–Trinajstić information content (AvgIpc) is 2.60. The van der Waals surface area contributed by atoms with Gasteiger partial charge in [-0.3, -0.25) is 0 Å². The molecule has 0 spiro atoms. The van der Waals surface area contributed by atoms with Gasteiger partial charge < -0.3 is 4.74 Å². The van der Waals surface area contributed by atoms with E-state index in [9.17, 15) is 16.8 Å². The summed E-state index contributed by atoms with van der Waals surface area (Å²) in [5.41, 5.74) is 1.66. The molecule has 9 heteroatoms. The molecule has 0 saturated heterocycles. The summed E-state index contributed by atoms with van der Waals surface area (Å²) in [6, 6.07) is 12.4. The molecule has 0 amide bonds. The van der Waals surface area contributed by atoms with Crippen LogP contribution in [0.1, 0.15) is 11.1 Å². The number of benzene rings is 2. The number of ether oxygens (including phenoxy) is 1. The lowest BCUT2D eigenvalue weighted by atomic mass is 10.2. The number of sulfonamides is 2. The third-order valence-electron chi connectivity index (χ3n) is 3.47. The second-order valence-electron chi connectivity index (χ2n) is 5.57. The van der Waals surface area contributed by atoms with E-state index in [1.54, 1.807) is 36.4 Å². The highest BCUT2D eigenvalue weighted by atomic mass is 32.2. The number of nitrogens with two attached hydrogens (primary N) is 2. The number of hydrogen-bond acceptors (Lipinski definition) is 5. The molecule has 0 bridgehead atoms. The van der Waals surface area contributed by atoms with Crippen LogP contribution in [-0.4, -0.2) is 30.0 Å². The predicted octanol–water partition coefficient (Wildman–Crippen LogP) is 1.72. The molecule has 0 aliphatic rings. The van der Waals surface area contributed by atoms with Crippen molar-refractivity contribution in [2.45, 2.75) is 9.79 Å². The summed E-state index contributed by atoms with van der Waals surface area (Å²) < 4.78 is 50.1. The molecule has 4 N–H and O–H groups in total. The van der Waals surface area contributed by atoms with Gasteiger partial charge in [-0.25, -0.2) is 27.1 Å². The van der Waals surface area contributed by atoms with E-state index in [-0.39, 0.29) is 9.79 Å². The van der Waals surface area contributed by atoms with E-state index < -0.39 is 20.0 Å². The van der Waals surface area contributed by atoms with Crippen molar-refractivity contribution in [2.75, 3.05) is 13.2 Å². The van der Waals surface area contributed by atoms with Gasteiger partial charge >= 0.3 is 0 Å². The van der Waals surface area contributed by atoms with Crippen LogP contribution in [0.3, 0.4) is 0 Å². The highest BCUT2D eigenvalue weighted by molar-refractivity contribution is 7.89. The van der Waals surface area contributed by atoms with Crippen molar-refractivity contribution < 1.29 is 21.6 Å². The molecule has 27 heavy (non-hydrogen) atoms. The van der Waals surface area contributed by atoms with Crippen molar-refractivity contribution in [2.24, 2.45) is 10.3 Å². The van der Waals surface area contributed by atoms with Crippen molar-refractivity contribution in [3.63, 3.8) is 0 Å². The molecule has 0 aliphatic heterocycles. The maximum absolute atomic E-state index is 11.2. The third kappa shape index (κ3) is 7.08. The monoisotopic (exact) mass is 408 g/mol. The molecule has 2 aromatic carbocycles. The SMILES string of the molecule is NS(=O)(=O)c1ccc(C=CCOCC=Cc2ccc(S(N)(=O)=O)cc2)cc1. The summed E-state index contributed by atoms with van der Waals surface area (Å²) in [5.74, 6) is 0. The van der Waals surface area contributed by atoms with Crippen LogP contribution in [0.15, 0.2) is 70.5 Å². The lowest BCUT2D eigenvalue weighted by Crippen LogP contribution is -2.11. The predicted molar refractivity (Wildman–Crippen MR) is 105 cm³/mol. The molecule has 7 nitrogen and oxygen atoms in total. The zero-order chi connectivity index (χ0) is 19.9. The summed E-state index contributed by atoms with van der Waals surface area (Å²) in [6.07, 6.45) is 7.23. The molecule has 2 rings (SSSR count). The van der Waals surface area contributed by atoms with E-state index in [0.717, 1.165) is 11.1 Å². The average molecular weight is 409 g/mol. The highest BCUT2D eigenvalue weighted by Gasteiger charge is 2.06. The van der Waals surface area contributed by atoms with Crippen molar-refractivity contribution >= 4 is 32.2 Å². The second-order valence-corrected chi connectivity index (χ2v) is 8.69. The molecule has 0 atom stereocenters. The molecule has 0 heterocycles. The Morgan fingerprint density at radius 2 is 1.00 bits per heavy atom. The van der Waals surface area contributed by atoms with E-state index >= 15 is 0 Å². The Bertz CT molecular complexity index is 939. The van der Waals surface area contributed by atoms with Gasteiger partial charge in [0.05, 0.1) is 23.0 Å². The molecular formula is C18H20N2O5S2. The summed E-state index contributed by atoms with van der Waals surface area (Å²) in [6.45, 7) is 0.761. The molecular weight excluding hydrogens is 388 g/mol. The minimum absolute atomic E-state index is 0.0677. The standard InChI is InChI=1S/C18H20N2O5S2/c19-26(21,22)17-9-5-15(6-10-17)3-1-13-25-14-2-4-16-7-11-18(12-8-16)27(20,23)24/h1-12H,13-14H2,(H2,19,21,22)(H2,20,23,24).